The number of ether oxygens (including phenoxy) is 1. The van der Waals surface area contributed by atoms with E-state index in [0.717, 1.165) is 38.8 Å². The normalized spacial score (nSPS) is 35.7. The predicted octanol–water partition coefficient (Wildman–Crippen LogP) is 3.85. The highest BCUT2D eigenvalue weighted by Gasteiger charge is 2.40. The van der Waals surface area contributed by atoms with Crippen molar-refractivity contribution >= 4 is 18.3 Å². The van der Waals surface area contributed by atoms with Crippen LogP contribution in [0.15, 0.2) is 30.3 Å². The van der Waals surface area contributed by atoms with Gasteiger partial charge in [-0.15, -0.1) is 12.4 Å². The summed E-state index contributed by atoms with van der Waals surface area (Å²) >= 11 is 0. The van der Waals surface area contributed by atoms with Gasteiger partial charge < -0.3 is 15.8 Å². The molecule has 1 saturated heterocycles. The van der Waals surface area contributed by atoms with Crippen LogP contribution >= 0.6 is 12.4 Å². The SMILES string of the molecule is Cl.NC1C2CCCC1CC(C(=O)NCC1CCCOC1c1ccccc1)C2. The van der Waals surface area contributed by atoms with Crippen molar-refractivity contribution in [2.24, 2.45) is 29.4 Å². The first kappa shape index (κ1) is 20.6. The molecule has 1 aromatic rings. The Kier molecular flexibility index (Phi) is 7.18. The van der Waals surface area contributed by atoms with Crippen LogP contribution in [0, 0.1) is 23.7 Å². The molecule has 2 bridgehead atoms. The Labute approximate surface area is 169 Å². The van der Waals surface area contributed by atoms with E-state index in [2.05, 4.69) is 29.6 Å². The first-order valence-corrected chi connectivity index (χ1v) is 10.4. The van der Waals surface area contributed by atoms with E-state index in [0.29, 0.717) is 23.8 Å². The molecule has 4 rings (SSSR count). The van der Waals surface area contributed by atoms with E-state index >= 15 is 0 Å². The van der Waals surface area contributed by atoms with Gasteiger partial charge in [0.2, 0.25) is 5.91 Å². The molecule has 0 aromatic heterocycles. The quantitative estimate of drug-likeness (QED) is 0.818. The van der Waals surface area contributed by atoms with Gasteiger partial charge in [-0.2, -0.15) is 0 Å². The smallest absolute Gasteiger partial charge is 0.223 e. The first-order chi connectivity index (χ1) is 12.7. The van der Waals surface area contributed by atoms with Gasteiger partial charge in [-0.25, -0.2) is 0 Å². The Morgan fingerprint density at radius 1 is 1.07 bits per heavy atom. The summed E-state index contributed by atoms with van der Waals surface area (Å²) in [5.41, 5.74) is 7.60. The van der Waals surface area contributed by atoms with Crippen molar-refractivity contribution in [2.75, 3.05) is 13.2 Å². The fourth-order valence-corrected chi connectivity index (χ4v) is 5.44. The van der Waals surface area contributed by atoms with Crippen molar-refractivity contribution in [2.45, 2.75) is 57.1 Å². The fourth-order valence-electron chi connectivity index (χ4n) is 5.44. The number of fused-ring (bicyclic) bond motifs is 2. The van der Waals surface area contributed by atoms with Crippen molar-refractivity contribution in [1.29, 1.82) is 0 Å². The lowest BCUT2D eigenvalue weighted by molar-refractivity contribution is -0.128. The van der Waals surface area contributed by atoms with Gasteiger partial charge in [0.1, 0.15) is 0 Å². The summed E-state index contributed by atoms with van der Waals surface area (Å²) in [7, 11) is 0. The third-order valence-corrected chi connectivity index (χ3v) is 6.90. The van der Waals surface area contributed by atoms with Gasteiger partial charge in [-0.3, -0.25) is 4.79 Å². The van der Waals surface area contributed by atoms with E-state index in [9.17, 15) is 4.79 Å². The third-order valence-electron chi connectivity index (χ3n) is 6.90. The van der Waals surface area contributed by atoms with E-state index in [1.807, 2.05) is 6.07 Å². The summed E-state index contributed by atoms with van der Waals surface area (Å²) < 4.78 is 6.06. The minimum Gasteiger partial charge on any atom is -0.373 e. The van der Waals surface area contributed by atoms with E-state index in [-0.39, 0.29) is 30.3 Å². The molecule has 0 radical (unpaired) electrons. The van der Waals surface area contributed by atoms with Crippen molar-refractivity contribution in [3.05, 3.63) is 35.9 Å². The van der Waals surface area contributed by atoms with Crippen LogP contribution < -0.4 is 11.1 Å². The van der Waals surface area contributed by atoms with Crippen LogP contribution in [0.4, 0.5) is 0 Å². The van der Waals surface area contributed by atoms with Gasteiger partial charge in [0, 0.05) is 31.0 Å². The predicted molar refractivity (Wildman–Crippen MR) is 110 cm³/mol. The standard InChI is InChI=1S/C22H32N2O2.ClH/c23-20-16-8-4-9-17(20)13-19(12-16)22(25)24-14-18-10-5-11-26-21(18)15-6-2-1-3-7-15;/h1-3,6-7,16-21H,4-5,8-14,23H2,(H,24,25);1H. The highest BCUT2D eigenvalue weighted by atomic mass is 35.5. The number of benzene rings is 1. The molecule has 1 amide bonds. The molecular weight excluding hydrogens is 360 g/mol. The fraction of sp³-hybridized carbons (Fsp3) is 0.682. The third kappa shape index (κ3) is 4.67. The lowest BCUT2D eigenvalue weighted by Gasteiger charge is -2.43. The number of nitrogens with two attached hydrogens (primary N) is 1. The highest BCUT2D eigenvalue weighted by molar-refractivity contribution is 5.85. The van der Waals surface area contributed by atoms with Gasteiger partial charge in [0.05, 0.1) is 6.10 Å². The second-order valence-corrected chi connectivity index (χ2v) is 8.55. The molecule has 1 heterocycles. The number of hydrogen-bond donors (Lipinski definition) is 2. The first-order valence-electron chi connectivity index (χ1n) is 10.4. The number of carbonyl (C=O) groups is 1. The maximum absolute atomic E-state index is 12.8. The van der Waals surface area contributed by atoms with Gasteiger partial charge >= 0.3 is 0 Å². The molecule has 5 heteroatoms. The van der Waals surface area contributed by atoms with Gasteiger partial charge in [0.25, 0.3) is 0 Å². The van der Waals surface area contributed by atoms with Crippen molar-refractivity contribution in [1.82, 2.24) is 5.32 Å². The molecule has 3 aliphatic rings. The Morgan fingerprint density at radius 3 is 2.48 bits per heavy atom. The summed E-state index contributed by atoms with van der Waals surface area (Å²) in [6.07, 6.45) is 7.94. The van der Waals surface area contributed by atoms with Crippen LogP contribution in [0.3, 0.4) is 0 Å². The van der Waals surface area contributed by atoms with Crippen LogP contribution in [0.5, 0.6) is 0 Å². The van der Waals surface area contributed by atoms with Crippen LogP contribution in [0.1, 0.15) is 56.6 Å². The minimum absolute atomic E-state index is 0. The molecular formula is C22H33ClN2O2. The largest absolute Gasteiger partial charge is 0.373 e. The van der Waals surface area contributed by atoms with Crippen molar-refractivity contribution < 1.29 is 9.53 Å². The van der Waals surface area contributed by atoms with Crippen LogP contribution in [0.2, 0.25) is 0 Å². The molecule has 3 N–H and O–H groups in total. The highest BCUT2D eigenvalue weighted by Crippen LogP contribution is 2.42. The molecule has 27 heavy (non-hydrogen) atoms. The number of carbonyl (C=O) groups excluding carboxylic acids is 1. The lowest BCUT2D eigenvalue weighted by Crippen LogP contribution is -2.49. The number of rotatable bonds is 4. The number of nitrogens with one attached hydrogen (secondary N) is 1. The molecule has 4 unspecified atom stereocenters. The minimum atomic E-state index is 0. The maximum Gasteiger partial charge on any atom is 0.223 e. The van der Waals surface area contributed by atoms with E-state index in [4.69, 9.17) is 10.5 Å². The van der Waals surface area contributed by atoms with Gasteiger partial charge in [0.15, 0.2) is 0 Å². The summed E-state index contributed by atoms with van der Waals surface area (Å²) in [4.78, 5) is 12.8. The Balaban J connectivity index is 0.00000210. The second kappa shape index (κ2) is 9.40. The van der Waals surface area contributed by atoms with E-state index < -0.39 is 0 Å². The van der Waals surface area contributed by atoms with Crippen molar-refractivity contribution in [3.63, 3.8) is 0 Å². The Hall–Kier alpha value is -1.10. The molecule has 1 aromatic carbocycles. The monoisotopic (exact) mass is 392 g/mol. The zero-order chi connectivity index (χ0) is 17.9. The van der Waals surface area contributed by atoms with Crippen LogP contribution in [-0.4, -0.2) is 25.1 Å². The maximum atomic E-state index is 12.8. The van der Waals surface area contributed by atoms with Gasteiger partial charge in [-0.05, 0) is 55.9 Å². The number of amides is 1. The zero-order valence-corrected chi connectivity index (χ0v) is 16.8. The number of hydrogen-bond acceptors (Lipinski definition) is 3. The molecule has 0 spiro atoms. The molecule has 1 aliphatic heterocycles. The topological polar surface area (TPSA) is 64.4 Å². The second-order valence-electron chi connectivity index (χ2n) is 8.55. The molecule has 150 valence electrons. The molecule has 3 fully saturated rings. The average Bonchev–Trinajstić information content (AvgIpc) is 2.67. The van der Waals surface area contributed by atoms with E-state index in [1.165, 1.54) is 24.8 Å². The Morgan fingerprint density at radius 2 is 1.78 bits per heavy atom. The summed E-state index contributed by atoms with van der Waals surface area (Å²) in [6.45, 7) is 1.53. The van der Waals surface area contributed by atoms with Crippen molar-refractivity contribution in [3.8, 4) is 0 Å². The Bertz CT molecular complexity index is 598. The summed E-state index contributed by atoms with van der Waals surface area (Å²) in [6, 6.07) is 10.7. The van der Waals surface area contributed by atoms with Gasteiger partial charge in [-0.1, -0.05) is 36.8 Å². The summed E-state index contributed by atoms with van der Waals surface area (Å²) in [5, 5.41) is 3.27. The molecule has 4 nitrogen and oxygen atoms in total. The molecule has 4 atom stereocenters. The summed E-state index contributed by atoms with van der Waals surface area (Å²) in [5.74, 6) is 1.86. The average molecular weight is 393 g/mol. The number of halogens is 1. The van der Waals surface area contributed by atoms with Crippen LogP contribution in [0.25, 0.3) is 0 Å². The lowest BCUT2D eigenvalue weighted by atomic mass is 9.65. The molecule has 2 saturated carbocycles. The zero-order valence-electron chi connectivity index (χ0n) is 16.0. The molecule has 2 aliphatic carbocycles. The van der Waals surface area contributed by atoms with Crippen LogP contribution in [-0.2, 0) is 9.53 Å². The van der Waals surface area contributed by atoms with E-state index in [1.54, 1.807) is 0 Å².